The van der Waals surface area contributed by atoms with Gasteiger partial charge in [0.25, 0.3) is 0 Å². The minimum absolute atomic E-state index is 0.0675. The van der Waals surface area contributed by atoms with E-state index >= 15 is 0 Å². The molecule has 0 radical (unpaired) electrons. The number of pyridine rings is 1. The lowest BCUT2D eigenvalue weighted by Crippen LogP contribution is -2.53. The number of methoxy groups -OCH3 is 1. The molecule has 1 aliphatic heterocycles. The summed E-state index contributed by atoms with van der Waals surface area (Å²) in [4.78, 5) is 43.7. The molecular weight excluding hydrogens is 578 g/mol. The van der Waals surface area contributed by atoms with Crippen molar-refractivity contribution in [2.24, 2.45) is 5.41 Å². The number of nitrogens with zero attached hydrogens (tertiary/aromatic N) is 2. The molecule has 0 spiro atoms. The van der Waals surface area contributed by atoms with E-state index in [1.165, 1.54) is 0 Å². The molecule has 4 N–H and O–H groups in total. The number of carbonyl (C=O) groups excluding carboxylic acids is 2. The Morgan fingerprint density at radius 3 is 2.62 bits per heavy atom. The van der Waals surface area contributed by atoms with E-state index in [9.17, 15) is 19.5 Å². The molecule has 2 fully saturated rings. The molecule has 1 saturated carbocycles. The van der Waals surface area contributed by atoms with Gasteiger partial charge in [-0.2, -0.15) is 0 Å². The molecule has 2 amide bonds. The third-order valence-corrected chi connectivity index (χ3v) is 8.49. The first kappa shape index (κ1) is 33.6. The number of nitrogens with one attached hydrogen (secondary N) is 3. The first-order chi connectivity index (χ1) is 21.7. The van der Waals surface area contributed by atoms with Gasteiger partial charge in [0, 0.05) is 37.3 Å². The lowest BCUT2D eigenvalue weighted by atomic mass is 9.75. The van der Waals surface area contributed by atoms with E-state index in [1.54, 1.807) is 25.4 Å². The normalized spacial score (nSPS) is 19.6. The number of carbonyl (C=O) groups is 3. The van der Waals surface area contributed by atoms with Crippen molar-refractivity contribution in [3.63, 3.8) is 0 Å². The Morgan fingerprint density at radius 2 is 1.91 bits per heavy atom. The Kier molecular flexibility index (Phi) is 12.0. The zero-order chi connectivity index (χ0) is 32.2. The molecule has 12 heteroatoms. The smallest absolute Gasteiger partial charge is 0.328 e. The van der Waals surface area contributed by atoms with Crippen LogP contribution < -0.4 is 20.7 Å². The van der Waals surface area contributed by atoms with Crippen LogP contribution in [0.1, 0.15) is 51.0 Å². The molecule has 2 heterocycles. The van der Waals surface area contributed by atoms with E-state index in [0.717, 1.165) is 37.7 Å². The van der Waals surface area contributed by atoms with Gasteiger partial charge in [0.1, 0.15) is 30.8 Å². The summed E-state index contributed by atoms with van der Waals surface area (Å²) in [6.45, 7) is 6.86. The Morgan fingerprint density at radius 1 is 1.16 bits per heavy atom. The summed E-state index contributed by atoms with van der Waals surface area (Å²) in [7, 11) is 1.60. The van der Waals surface area contributed by atoms with Crippen molar-refractivity contribution < 1.29 is 33.7 Å². The zero-order valence-corrected chi connectivity index (χ0v) is 26.1. The molecule has 3 atom stereocenters. The largest absolute Gasteiger partial charge is 0.497 e. The lowest BCUT2D eigenvalue weighted by Gasteiger charge is -2.33. The van der Waals surface area contributed by atoms with Crippen molar-refractivity contribution in [1.82, 2.24) is 20.5 Å². The van der Waals surface area contributed by atoms with Crippen molar-refractivity contribution in [2.45, 2.75) is 70.2 Å². The van der Waals surface area contributed by atoms with Crippen LogP contribution in [-0.2, 0) is 30.5 Å². The molecule has 0 bridgehead atoms. The van der Waals surface area contributed by atoms with E-state index in [4.69, 9.17) is 14.2 Å². The first-order valence-electron chi connectivity index (χ1n) is 15.4. The number of likely N-dealkylation sites (tertiary alicyclic amines) is 1. The number of benzene rings is 1. The summed E-state index contributed by atoms with van der Waals surface area (Å²) in [6.07, 6.45) is 6.34. The maximum absolute atomic E-state index is 12.8. The molecule has 1 saturated heterocycles. The number of hydrogen-bond acceptors (Lipinski definition) is 9. The van der Waals surface area contributed by atoms with Crippen molar-refractivity contribution in [3.05, 3.63) is 66.7 Å². The first-order valence-corrected chi connectivity index (χ1v) is 15.4. The Hall–Kier alpha value is -4.32. The van der Waals surface area contributed by atoms with Gasteiger partial charge in [0.05, 0.1) is 19.3 Å². The number of aromatic nitrogens is 1. The highest BCUT2D eigenvalue weighted by Crippen LogP contribution is 2.36. The second-order valence-electron chi connectivity index (χ2n) is 11.9. The molecule has 2 aromatic rings. The predicted molar refractivity (Wildman–Crippen MR) is 168 cm³/mol. The van der Waals surface area contributed by atoms with Gasteiger partial charge in [-0.15, -0.1) is 0 Å². The third-order valence-electron chi connectivity index (χ3n) is 8.49. The second-order valence-corrected chi connectivity index (χ2v) is 11.9. The lowest BCUT2D eigenvalue weighted by molar-refractivity contribution is -0.144. The number of carboxylic acids is 1. The van der Waals surface area contributed by atoms with Crippen LogP contribution in [0.2, 0.25) is 0 Å². The summed E-state index contributed by atoms with van der Waals surface area (Å²) in [6, 6.07) is 12.1. The van der Waals surface area contributed by atoms with E-state index in [1.807, 2.05) is 42.2 Å². The van der Waals surface area contributed by atoms with Crippen molar-refractivity contribution in [2.75, 3.05) is 38.7 Å². The SMILES string of the molecule is C=C(OCc1ccccc1)N1C[C@H](OCC(=O)NCC(NC(=O)C2(C)CCCCC2)C(=O)O)C[C@H]1CNc1cc(OC)ccn1. The molecule has 4 rings (SSSR count). The molecule has 1 aliphatic carbocycles. The van der Waals surface area contributed by atoms with Gasteiger partial charge in [-0.05, 0) is 37.5 Å². The number of amides is 2. The maximum atomic E-state index is 12.8. The molecule has 1 aromatic carbocycles. The maximum Gasteiger partial charge on any atom is 0.328 e. The molecule has 12 nitrogen and oxygen atoms in total. The van der Waals surface area contributed by atoms with Gasteiger partial charge in [-0.3, -0.25) is 9.59 Å². The topological polar surface area (TPSA) is 151 Å². The van der Waals surface area contributed by atoms with E-state index < -0.39 is 23.3 Å². The molecule has 244 valence electrons. The molecule has 1 aromatic heterocycles. The molecule has 45 heavy (non-hydrogen) atoms. The quantitative estimate of drug-likeness (QED) is 0.205. The van der Waals surface area contributed by atoms with Gasteiger partial charge in [0.2, 0.25) is 11.8 Å². The highest BCUT2D eigenvalue weighted by Gasteiger charge is 2.37. The van der Waals surface area contributed by atoms with Crippen LogP contribution in [0.3, 0.4) is 0 Å². The van der Waals surface area contributed by atoms with Crippen LogP contribution in [0.25, 0.3) is 0 Å². The van der Waals surface area contributed by atoms with Crippen LogP contribution >= 0.6 is 0 Å². The highest BCUT2D eigenvalue weighted by molar-refractivity contribution is 5.88. The van der Waals surface area contributed by atoms with Crippen LogP contribution in [0.5, 0.6) is 5.75 Å². The number of aliphatic carboxylic acids is 1. The third kappa shape index (κ3) is 9.84. The minimum Gasteiger partial charge on any atom is -0.497 e. The Bertz CT molecular complexity index is 1300. The highest BCUT2D eigenvalue weighted by atomic mass is 16.5. The number of ether oxygens (including phenoxy) is 3. The minimum atomic E-state index is -1.23. The van der Waals surface area contributed by atoms with E-state index in [-0.39, 0.29) is 31.2 Å². The van der Waals surface area contributed by atoms with Crippen LogP contribution in [-0.4, -0.2) is 84.3 Å². The summed E-state index contributed by atoms with van der Waals surface area (Å²) in [5.74, 6) is -0.119. The van der Waals surface area contributed by atoms with Crippen molar-refractivity contribution in [1.29, 1.82) is 0 Å². The second kappa shape index (κ2) is 16.1. The summed E-state index contributed by atoms with van der Waals surface area (Å²) < 4.78 is 17.3. The zero-order valence-electron chi connectivity index (χ0n) is 26.1. The molecule has 1 unspecified atom stereocenters. The number of hydrogen-bond donors (Lipinski definition) is 4. The average Bonchev–Trinajstić information content (AvgIpc) is 3.47. The van der Waals surface area contributed by atoms with E-state index in [0.29, 0.717) is 43.6 Å². The Labute approximate surface area is 264 Å². The summed E-state index contributed by atoms with van der Waals surface area (Å²) in [5, 5.41) is 18.2. The number of anilines is 1. The summed E-state index contributed by atoms with van der Waals surface area (Å²) >= 11 is 0. The van der Waals surface area contributed by atoms with E-state index in [2.05, 4.69) is 27.5 Å². The summed E-state index contributed by atoms with van der Waals surface area (Å²) in [5.41, 5.74) is 0.428. The number of carboxylic acid groups (broad SMARTS) is 1. The fourth-order valence-electron chi connectivity index (χ4n) is 5.73. The molecular formula is C33H45N5O7. The van der Waals surface area contributed by atoms with Crippen molar-refractivity contribution >= 4 is 23.6 Å². The molecule has 2 aliphatic rings. The average molecular weight is 624 g/mol. The Balaban J connectivity index is 1.29. The standard InChI is InChI=1S/C33H45N5O7/c1-23(44-21-24-10-6-4-7-11-24)38-20-27(16-25(38)18-35-29-17-26(43-3)12-15-34-29)45-22-30(39)36-19-28(31(40)41)37-32(42)33(2)13-8-5-9-14-33/h4,6-7,10-12,15,17,25,27-28H,1,5,8-9,13-14,16,18-22H2,2-3H3,(H,34,35)(H,36,39)(H,37,42)(H,40,41)/t25-,27+,28?/m0/s1. The van der Waals surface area contributed by atoms with Gasteiger partial charge in [-0.1, -0.05) is 56.5 Å². The fraction of sp³-hybridized carbons (Fsp3) is 0.515. The van der Waals surface area contributed by atoms with Gasteiger partial charge in [-0.25, -0.2) is 9.78 Å². The number of rotatable bonds is 16. The fourth-order valence-corrected chi connectivity index (χ4v) is 5.73. The van der Waals surface area contributed by atoms with Crippen molar-refractivity contribution in [3.8, 4) is 5.75 Å². The predicted octanol–water partition coefficient (Wildman–Crippen LogP) is 3.31. The van der Waals surface area contributed by atoms with Crippen LogP contribution in [0.4, 0.5) is 5.82 Å². The van der Waals surface area contributed by atoms with Crippen LogP contribution in [0, 0.1) is 5.41 Å². The van der Waals surface area contributed by atoms with Gasteiger partial charge in [0.15, 0.2) is 5.88 Å². The van der Waals surface area contributed by atoms with Gasteiger partial charge >= 0.3 is 5.97 Å². The van der Waals surface area contributed by atoms with Crippen LogP contribution in [0.15, 0.2) is 61.1 Å². The van der Waals surface area contributed by atoms with Gasteiger partial charge < -0.3 is 40.2 Å². The monoisotopic (exact) mass is 623 g/mol.